The van der Waals surface area contributed by atoms with Gasteiger partial charge >= 0.3 is 11.9 Å². The minimum Gasteiger partial charge on any atom is -0.479 e. The van der Waals surface area contributed by atoms with Crippen LogP contribution in [0.2, 0.25) is 0 Å². The van der Waals surface area contributed by atoms with Crippen LogP contribution < -0.4 is 0 Å². The number of fused-ring (bicyclic) bond motifs is 7. The van der Waals surface area contributed by atoms with Crippen LogP contribution in [0.15, 0.2) is 11.6 Å². The van der Waals surface area contributed by atoms with Crippen molar-refractivity contribution in [2.45, 2.75) is 242 Å². The highest BCUT2D eigenvalue weighted by molar-refractivity contribution is 5.80. The van der Waals surface area contributed by atoms with Gasteiger partial charge in [-0.05, 0) is 110 Å². The number of aliphatic hydroxyl groups excluding tert-OH is 12. The Kier molecular flexibility index (Phi) is 16.0. The third-order valence-electron chi connectivity index (χ3n) is 21.0. The Morgan fingerprint density at radius 2 is 1.25 bits per heavy atom. The van der Waals surface area contributed by atoms with Gasteiger partial charge in [0.2, 0.25) is 6.29 Å². The summed E-state index contributed by atoms with van der Waals surface area (Å²) >= 11 is 0. The lowest BCUT2D eigenvalue weighted by molar-refractivity contribution is -0.378. The molecule has 0 bridgehead atoms. The molecule has 434 valence electrons. The van der Waals surface area contributed by atoms with Gasteiger partial charge in [-0.25, -0.2) is 4.79 Å². The van der Waals surface area contributed by atoms with E-state index in [9.17, 15) is 71.2 Å². The molecule has 0 aromatic heterocycles. The molecule has 0 aromatic rings. The predicted octanol–water partition coefficient (Wildman–Crippen LogP) is -1.31. The van der Waals surface area contributed by atoms with Crippen molar-refractivity contribution in [2.24, 2.45) is 50.2 Å². The molecule has 23 heteroatoms. The van der Waals surface area contributed by atoms with Gasteiger partial charge < -0.3 is 104 Å². The normalized spacial score (nSPS) is 53.9. The standard InChI is InChI=1S/C53H84O23/c1-21-30(57)32(59)36(63)43(70-21)75-41-39(73-44-37(64)33(60)31(58)25(19-54)71-44)24(55)20-69-46(41)76-47(68)53-16-15-48(2,3)17-23(53)22-9-10-27-50(6)13-12-29(72-45-38(65)34(61)35(62)40(74-45)42(66)67)49(4,5)26(50)11-14-51(27,7)52(22,8)18-28(53)56/h9,21,23-41,43-46,54-65H,10-20H2,1-8H3,(H,66,67)/t21-,23-,24-,25+,26-,27+,28+,29-,30-,31+,32+,33-,34-,35-,36+,37+,38+,39-,40-,41+,43-,44-,45+,46-,50-,51+,52+,53+/m0/s1. The number of carboxylic acid groups (broad SMARTS) is 1. The second kappa shape index (κ2) is 20.7. The van der Waals surface area contributed by atoms with Gasteiger partial charge in [-0.15, -0.1) is 0 Å². The summed E-state index contributed by atoms with van der Waals surface area (Å²) in [5, 5.41) is 140. The fourth-order valence-electron chi connectivity index (χ4n) is 16.3. The minimum absolute atomic E-state index is 0.0624. The van der Waals surface area contributed by atoms with E-state index in [0.29, 0.717) is 32.1 Å². The van der Waals surface area contributed by atoms with Crippen molar-refractivity contribution in [3.05, 3.63) is 11.6 Å². The average molecular weight is 1090 g/mol. The van der Waals surface area contributed by atoms with Gasteiger partial charge in [-0.3, -0.25) is 4.79 Å². The van der Waals surface area contributed by atoms with Gasteiger partial charge in [-0.1, -0.05) is 60.1 Å². The number of allylic oxidation sites excluding steroid dienone is 2. The number of aliphatic hydroxyl groups is 12. The number of ether oxygens (including phenoxy) is 8. The van der Waals surface area contributed by atoms with Crippen LogP contribution in [-0.4, -0.2) is 220 Å². The van der Waals surface area contributed by atoms with Crippen LogP contribution in [0.25, 0.3) is 0 Å². The second-order valence-corrected chi connectivity index (χ2v) is 25.9. The third-order valence-corrected chi connectivity index (χ3v) is 21.0. The molecule has 4 saturated heterocycles. The van der Waals surface area contributed by atoms with E-state index in [1.54, 1.807) is 0 Å². The molecule has 9 rings (SSSR count). The van der Waals surface area contributed by atoms with E-state index in [-0.39, 0.29) is 35.5 Å². The SMILES string of the molecule is C[C@@H]1O[C@@H](O[C@H]2[C@H](OC(=O)[C@]34CCC(C)(C)C[C@H]3C3=CC[C@@H]5[C@@]6(C)CC[C@H](O[C@@H]7O[C@H](C(=O)O)[C@@H](O)[C@H](O)[C@H]7O)C(C)(C)[C@@H]6CC[C@@]5(C)[C@]3(C)C[C@H]4O)OC[C@H](O)[C@@H]2O[C@@H]2O[C@H](CO)[C@@H](O)[C@H](O)[C@H]2O)[C@H](O)[C@H](O)[C@H]1O. The van der Waals surface area contributed by atoms with Crippen LogP contribution in [0.4, 0.5) is 0 Å². The number of aliphatic carboxylic acids is 1. The monoisotopic (exact) mass is 1090 g/mol. The fraction of sp³-hybridized carbons (Fsp3) is 0.925. The molecular weight excluding hydrogens is 1000 g/mol. The summed E-state index contributed by atoms with van der Waals surface area (Å²) in [6, 6.07) is 0. The zero-order valence-electron chi connectivity index (χ0n) is 44.6. The van der Waals surface area contributed by atoms with E-state index in [4.69, 9.17) is 37.9 Å². The zero-order chi connectivity index (χ0) is 55.7. The van der Waals surface area contributed by atoms with Gasteiger partial charge in [0.25, 0.3) is 0 Å². The van der Waals surface area contributed by atoms with Crippen LogP contribution in [0.5, 0.6) is 0 Å². The molecule has 0 aromatic carbocycles. The number of carbonyl (C=O) groups excluding carboxylic acids is 1. The van der Waals surface area contributed by atoms with Crippen LogP contribution in [0.3, 0.4) is 0 Å². The molecule has 4 heterocycles. The lowest BCUT2D eigenvalue weighted by Crippen LogP contribution is -2.68. The van der Waals surface area contributed by atoms with Crippen molar-refractivity contribution in [1.82, 2.24) is 0 Å². The Balaban J connectivity index is 1.01. The maximum atomic E-state index is 15.6. The summed E-state index contributed by atoms with van der Waals surface area (Å²) in [5.41, 5.74) is -2.65. The number of hydrogen-bond donors (Lipinski definition) is 13. The molecule has 76 heavy (non-hydrogen) atoms. The van der Waals surface area contributed by atoms with E-state index in [0.717, 1.165) is 18.4 Å². The number of esters is 1. The molecule has 4 aliphatic heterocycles. The maximum Gasteiger partial charge on any atom is 0.335 e. The summed E-state index contributed by atoms with van der Waals surface area (Å²) in [5.74, 6) is -2.71. The molecule has 5 aliphatic carbocycles. The number of rotatable bonds is 10. The number of hydrogen-bond acceptors (Lipinski definition) is 22. The lowest BCUT2D eigenvalue weighted by atomic mass is 9.33. The summed E-state index contributed by atoms with van der Waals surface area (Å²) in [6.07, 6.45) is -27.0. The smallest absolute Gasteiger partial charge is 0.335 e. The second-order valence-electron chi connectivity index (χ2n) is 25.9. The highest BCUT2D eigenvalue weighted by Crippen LogP contribution is 2.76. The molecule has 4 saturated carbocycles. The van der Waals surface area contributed by atoms with Gasteiger partial charge in [0.15, 0.2) is 31.1 Å². The van der Waals surface area contributed by atoms with E-state index in [1.165, 1.54) is 6.92 Å². The molecular formula is C53H84O23. The molecule has 0 spiro atoms. The van der Waals surface area contributed by atoms with E-state index >= 15 is 4.79 Å². The van der Waals surface area contributed by atoms with Gasteiger partial charge in [0, 0.05) is 0 Å². The molecule has 0 radical (unpaired) electrons. The third kappa shape index (κ3) is 9.23. The first kappa shape index (κ1) is 58.6. The average Bonchev–Trinajstić information content (AvgIpc) is 3.43. The largest absolute Gasteiger partial charge is 0.479 e. The van der Waals surface area contributed by atoms with Crippen molar-refractivity contribution in [2.75, 3.05) is 13.2 Å². The Bertz CT molecular complexity index is 2160. The van der Waals surface area contributed by atoms with Gasteiger partial charge in [-0.2, -0.15) is 0 Å². The molecule has 13 N–H and O–H groups in total. The summed E-state index contributed by atoms with van der Waals surface area (Å²) in [7, 11) is 0. The van der Waals surface area contributed by atoms with Crippen molar-refractivity contribution >= 4 is 11.9 Å². The summed E-state index contributed by atoms with van der Waals surface area (Å²) in [6.45, 7) is 15.3. The first-order chi connectivity index (χ1) is 35.4. The van der Waals surface area contributed by atoms with Gasteiger partial charge in [0.1, 0.15) is 78.7 Å². The quantitative estimate of drug-likeness (QED) is 0.0686. The van der Waals surface area contributed by atoms with E-state index in [1.807, 2.05) is 0 Å². The molecule has 9 aliphatic rings. The Morgan fingerprint density at radius 3 is 1.89 bits per heavy atom. The van der Waals surface area contributed by atoms with Gasteiger partial charge in [0.05, 0.1) is 31.5 Å². The number of carbonyl (C=O) groups is 2. The molecule has 0 amide bonds. The predicted molar refractivity (Wildman–Crippen MR) is 257 cm³/mol. The number of carboxylic acids is 1. The molecule has 23 nitrogen and oxygen atoms in total. The van der Waals surface area contributed by atoms with Crippen molar-refractivity contribution in [1.29, 1.82) is 0 Å². The topological polar surface area (TPSA) is 371 Å². The Labute approximate surface area is 442 Å². The first-order valence-corrected chi connectivity index (χ1v) is 27.2. The van der Waals surface area contributed by atoms with E-state index in [2.05, 4.69) is 54.5 Å². The van der Waals surface area contributed by atoms with E-state index < -0.39 is 182 Å². The maximum absolute atomic E-state index is 15.6. The minimum atomic E-state index is -1.93. The molecule has 8 fully saturated rings. The van der Waals surface area contributed by atoms with Crippen LogP contribution in [0.1, 0.15) is 113 Å². The van der Waals surface area contributed by atoms with Crippen molar-refractivity contribution in [3.8, 4) is 0 Å². The lowest BCUT2D eigenvalue weighted by Gasteiger charge is -2.71. The van der Waals surface area contributed by atoms with Crippen molar-refractivity contribution < 1.29 is 114 Å². The molecule has 28 atom stereocenters. The summed E-state index contributed by atoms with van der Waals surface area (Å²) < 4.78 is 48.1. The first-order valence-electron chi connectivity index (χ1n) is 27.2. The van der Waals surface area contributed by atoms with Crippen LogP contribution >= 0.6 is 0 Å². The van der Waals surface area contributed by atoms with Crippen molar-refractivity contribution in [3.63, 3.8) is 0 Å². The fourth-order valence-corrected chi connectivity index (χ4v) is 16.3. The summed E-state index contributed by atoms with van der Waals surface area (Å²) in [4.78, 5) is 27.5. The van der Waals surface area contributed by atoms with Crippen LogP contribution in [0, 0.1) is 50.2 Å². The Hall–Kier alpha value is -2.08. The highest BCUT2D eigenvalue weighted by Gasteiger charge is 2.72. The van der Waals surface area contributed by atoms with Crippen LogP contribution in [-0.2, 0) is 47.5 Å². The zero-order valence-corrected chi connectivity index (χ0v) is 44.6. The Morgan fingerprint density at radius 1 is 0.645 bits per heavy atom. The highest BCUT2D eigenvalue weighted by atomic mass is 16.8. The molecule has 0 unspecified atom stereocenters.